The van der Waals surface area contributed by atoms with Gasteiger partial charge in [0.15, 0.2) is 0 Å². The molecule has 0 radical (unpaired) electrons. The van der Waals surface area contributed by atoms with E-state index in [2.05, 4.69) is 23.6 Å². The number of carbonyl (C=O) groups is 1. The minimum absolute atomic E-state index is 0.333. The largest absolute Gasteiger partial charge is 0.465 e. The molecule has 0 aromatic carbocycles. The summed E-state index contributed by atoms with van der Waals surface area (Å²) in [6.45, 7) is 10.4. The highest BCUT2D eigenvalue weighted by atomic mass is 16.5. The summed E-state index contributed by atoms with van der Waals surface area (Å²) in [6.07, 6.45) is 0. The zero-order valence-electron chi connectivity index (χ0n) is 12.7. The van der Waals surface area contributed by atoms with Crippen molar-refractivity contribution in [3.8, 4) is 0 Å². The van der Waals surface area contributed by atoms with Crippen LogP contribution >= 0.6 is 0 Å². The van der Waals surface area contributed by atoms with Crippen molar-refractivity contribution >= 4 is 5.97 Å². The van der Waals surface area contributed by atoms with Crippen LogP contribution in [0.3, 0.4) is 0 Å². The molecule has 2 N–H and O–H groups in total. The van der Waals surface area contributed by atoms with E-state index in [0.717, 1.165) is 13.1 Å². The average molecular weight is 259 g/mol. The Morgan fingerprint density at radius 2 is 1.94 bits per heavy atom. The molecule has 0 aromatic rings. The molecule has 0 aromatic heterocycles. The zero-order valence-corrected chi connectivity index (χ0v) is 12.7. The van der Waals surface area contributed by atoms with Crippen molar-refractivity contribution in [1.82, 2.24) is 9.80 Å². The van der Waals surface area contributed by atoms with Crippen LogP contribution in [0.5, 0.6) is 0 Å². The lowest BCUT2D eigenvalue weighted by molar-refractivity contribution is -0.149. The van der Waals surface area contributed by atoms with Gasteiger partial charge in [-0.2, -0.15) is 0 Å². The van der Waals surface area contributed by atoms with E-state index in [1.54, 1.807) is 13.8 Å². The van der Waals surface area contributed by atoms with Crippen LogP contribution in [0.15, 0.2) is 0 Å². The van der Waals surface area contributed by atoms with Crippen molar-refractivity contribution in [1.29, 1.82) is 0 Å². The lowest BCUT2D eigenvalue weighted by Crippen LogP contribution is -2.57. The molecule has 2 atom stereocenters. The third kappa shape index (κ3) is 5.80. The van der Waals surface area contributed by atoms with E-state index in [-0.39, 0.29) is 5.97 Å². The fraction of sp³-hybridized carbons (Fsp3) is 0.923. The molecule has 0 saturated carbocycles. The van der Waals surface area contributed by atoms with Crippen molar-refractivity contribution in [2.24, 2.45) is 5.73 Å². The van der Waals surface area contributed by atoms with Gasteiger partial charge in [0.2, 0.25) is 0 Å². The predicted molar refractivity (Wildman–Crippen MR) is 74.5 cm³/mol. The molecule has 0 rings (SSSR count). The third-order valence-electron chi connectivity index (χ3n) is 2.93. The second-order valence-corrected chi connectivity index (χ2v) is 5.31. The highest BCUT2D eigenvalue weighted by Crippen LogP contribution is 2.09. The number of nitrogens with zero attached hydrogens (tertiary/aromatic N) is 2. The van der Waals surface area contributed by atoms with Crippen LogP contribution in [0.2, 0.25) is 0 Å². The van der Waals surface area contributed by atoms with Crippen molar-refractivity contribution in [3.05, 3.63) is 0 Å². The molecule has 5 nitrogen and oxygen atoms in total. The number of rotatable bonds is 8. The van der Waals surface area contributed by atoms with Crippen molar-refractivity contribution in [3.63, 3.8) is 0 Å². The molecule has 0 aliphatic rings. The molecule has 0 bridgehead atoms. The van der Waals surface area contributed by atoms with Crippen molar-refractivity contribution < 1.29 is 9.53 Å². The van der Waals surface area contributed by atoms with Gasteiger partial charge in [-0.15, -0.1) is 0 Å². The van der Waals surface area contributed by atoms with Crippen LogP contribution in [0.25, 0.3) is 0 Å². The molecule has 0 spiro atoms. The molecule has 5 heteroatoms. The van der Waals surface area contributed by atoms with Crippen molar-refractivity contribution in [2.45, 2.75) is 39.3 Å². The Morgan fingerprint density at radius 1 is 1.39 bits per heavy atom. The first kappa shape index (κ1) is 17.4. The van der Waals surface area contributed by atoms with E-state index in [1.807, 2.05) is 14.1 Å². The smallest absolute Gasteiger partial charge is 0.327 e. The highest BCUT2D eigenvalue weighted by molar-refractivity contribution is 5.80. The van der Waals surface area contributed by atoms with Gasteiger partial charge in [0.1, 0.15) is 5.54 Å². The predicted octanol–water partition coefficient (Wildman–Crippen LogP) is 0.539. The molecule has 0 heterocycles. The fourth-order valence-corrected chi connectivity index (χ4v) is 2.01. The summed E-state index contributed by atoms with van der Waals surface area (Å²) in [5.41, 5.74) is 5.11. The third-order valence-corrected chi connectivity index (χ3v) is 2.93. The first-order valence-corrected chi connectivity index (χ1v) is 6.59. The summed E-state index contributed by atoms with van der Waals surface area (Å²) >= 11 is 0. The molecular formula is C13H29N3O2. The topological polar surface area (TPSA) is 58.8 Å². The molecule has 0 saturated heterocycles. The standard InChI is InChI=1S/C13H29N3O2/c1-7-16(11(3)9-15(5)6)10-13(4,14)12(17)18-8-2/h11H,7-10,14H2,1-6H3. The lowest BCUT2D eigenvalue weighted by atomic mass is 10.0. The summed E-state index contributed by atoms with van der Waals surface area (Å²) in [5.74, 6) is -0.333. The Morgan fingerprint density at radius 3 is 2.33 bits per heavy atom. The van der Waals surface area contributed by atoms with E-state index >= 15 is 0 Å². The molecular weight excluding hydrogens is 230 g/mol. The van der Waals surface area contributed by atoms with Crippen molar-refractivity contribution in [2.75, 3.05) is 40.3 Å². The maximum absolute atomic E-state index is 11.8. The average Bonchev–Trinajstić information content (AvgIpc) is 2.25. The summed E-state index contributed by atoms with van der Waals surface area (Å²) in [5, 5.41) is 0. The first-order chi connectivity index (χ1) is 8.24. The van der Waals surface area contributed by atoms with Crippen LogP contribution in [0, 0.1) is 0 Å². The Balaban J connectivity index is 4.55. The molecule has 18 heavy (non-hydrogen) atoms. The number of nitrogens with two attached hydrogens (primary N) is 1. The van der Waals surface area contributed by atoms with Gasteiger partial charge in [-0.3, -0.25) is 9.69 Å². The minimum atomic E-state index is -0.952. The van der Waals surface area contributed by atoms with E-state index in [9.17, 15) is 4.79 Å². The van der Waals surface area contributed by atoms with E-state index in [4.69, 9.17) is 10.5 Å². The van der Waals surface area contributed by atoms with E-state index in [1.165, 1.54) is 0 Å². The molecule has 0 aliphatic carbocycles. The Hall–Kier alpha value is -0.650. The van der Waals surface area contributed by atoms with Gasteiger partial charge in [0.05, 0.1) is 6.61 Å². The molecule has 0 fully saturated rings. The van der Waals surface area contributed by atoms with Gasteiger partial charge >= 0.3 is 5.97 Å². The van der Waals surface area contributed by atoms with Gasteiger partial charge in [-0.1, -0.05) is 6.92 Å². The lowest BCUT2D eigenvalue weighted by Gasteiger charge is -2.35. The first-order valence-electron chi connectivity index (χ1n) is 6.59. The summed E-state index contributed by atoms with van der Waals surface area (Å²) < 4.78 is 5.01. The number of hydrogen-bond acceptors (Lipinski definition) is 5. The second kappa shape index (κ2) is 7.71. The fourth-order valence-electron chi connectivity index (χ4n) is 2.01. The molecule has 2 unspecified atom stereocenters. The molecule has 0 aliphatic heterocycles. The quantitative estimate of drug-likeness (QED) is 0.645. The van der Waals surface area contributed by atoms with Crippen LogP contribution < -0.4 is 5.73 Å². The number of hydrogen-bond donors (Lipinski definition) is 1. The van der Waals surface area contributed by atoms with Crippen LogP contribution in [0.1, 0.15) is 27.7 Å². The summed E-state index contributed by atoms with van der Waals surface area (Å²) in [4.78, 5) is 16.1. The van der Waals surface area contributed by atoms with Gasteiger partial charge in [0, 0.05) is 19.1 Å². The molecule has 0 amide bonds. The minimum Gasteiger partial charge on any atom is -0.465 e. The summed E-state index contributed by atoms with van der Waals surface area (Å²) in [7, 11) is 4.08. The van der Waals surface area contributed by atoms with Crippen LogP contribution in [-0.4, -0.2) is 67.7 Å². The Bertz CT molecular complexity index is 255. The number of carbonyl (C=O) groups excluding carboxylic acids is 1. The number of likely N-dealkylation sites (N-methyl/N-ethyl adjacent to an activating group) is 2. The van der Waals surface area contributed by atoms with E-state index < -0.39 is 5.54 Å². The maximum atomic E-state index is 11.8. The van der Waals surface area contributed by atoms with Crippen LogP contribution in [0.4, 0.5) is 0 Å². The number of esters is 1. The Kier molecular flexibility index (Phi) is 7.43. The maximum Gasteiger partial charge on any atom is 0.327 e. The highest BCUT2D eigenvalue weighted by Gasteiger charge is 2.33. The monoisotopic (exact) mass is 259 g/mol. The normalized spacial score (nSPS) is 16.7. The van der Waals surface area contributed by atoms with E-state index in [0.29, 0.717) is 19.2 Å². The molecule has 108 valence electrons. The van der Waals surface area contributed by atoms with Gasteiger partial charge in [-0.05, 0) is 41.4 Å². The second-order valence-electron chi connectivity index (χ2n) is 5.31. The SMILES string of the molecule is CCOC(=O)C(C)(N)CN(CC)C(C)CN(C)C. The zero-order chi connectivity index (χ0) is 14.3. The Labute approximate surface area is 111 Å². The summed E-state index contributed by atoms with van der Waals surface area (Å²) in [6, 6.07) is 0.349. The number of ether oxygens (including phenoxy) is 1. The van der Waals surface area contributed by atoms with Gasteiger partial charge in [-0.25, -0.2) is 0 Å². The van der Waals surface area contributed by atoms with Crippen LogP contribution in [-0.2, 0) is 9.53 Å². The van der Waals surface area contributed by atoms with Gasteiger partial charge < -0.3 is 15.4 Å². The van der Waals surface area contributed by atoms with Gasteiger partial charge in [0.25, 0.3) is 0 Å².